The van der Waals surface area contributed by atoms with Crippen molar-refractivity contribution in [1.82, 2.24) is 24.8 Å². The molecule has 1 fully saturated rings. The molecule has 3 aromatic rings. The molecule has 1 atom stereocenters. The van der Waals surface area contributed by atoms with E-state index in [2.05, 4.69) is 45.8 Å². The third kappa shape index (κ3) is 5.64. The van der Waals surface area contributed by atoms with Crippen molar-refractivity contribution in [1.29, 1.82) is 0 Å². The number of piperazine rings is 1. The summed E-state index contributed by atoms with van der Waals surface area (Å²) < 4.78 is 0. The number of aromatic nitrogens is 3. The van der Waals surface area contributed by atoms with E-state index >= 15 is 0 Å². The standard InChI is InChI=1S/C25H31N7O/c1-17(2)11-20-15-31(14-19-3-6-21-22(12-19)29-16-30-25(21)27)9-10-32(20)24(33)8-5-18-4-7-23(26)28-13-18/h3-8,12-13,16-17,20H,9-11,14-15H2,1-2H3,(H2,26,28)(H2,27,29,30)/t20-/m0/s1. The zero-order chi connectivity index (χ0) is 23.4. The number of nitrogens with zero attached hydrogens (tertiary/aromatic N) is 5. The van der Waals surface area contributed by atoms with Gasteiger partial charge in [0.1, 0.15) is 18.0 Å². The Morgan fingerprint density at radius 2 is 2.00 bits per heavy atom. The minimum Gasteiger partial charge on any atom is -0.384 e. The van der Waals surface area contributed by atoms with Gasteiger partial charge >= 0.3 is 0 Å². The molecule has 2 aromatic heterocycles. The van der Waals surface area contributed by atoms with Crippen LogP contribution in [0.3, 0.4) is 0 Å². The van der Waals surface area contributed by atoms with Gasteiger partial charge in [0.2, 0.25) is 5.91 Å². The van der Waals surface area contributed by atoms with Crippen LogP contribution in [-0.2, 0) is 11.3 Å². The first-order valence-corrected chi connectivity index (χ1v) is 11.3. The monoisotopic (exact) mass is 445 g/mol. The minimum atomic E-state index is 0.0370. The molecule has 1 amide bonds. The quantitative estimate of drug-likeness (QED) is 0.561. The topological polar surface area (TPSA) is 114 Å². The summed E-state index contributed by atoms with van der Waals surface area (Å²) in [4.78, 5) is 29.9. The van der Waals surface area contributed by atoms with Crippen molar-refractivity contribution in [2.24, 2.45) is 5.92 Å². The molecule has 1 aliphatic rings. The number of nitrogens with two attached hydrogens (primary N) is 2. The van der Waals surface area contributed by atoms with E-state index < -0.39 is 0 Å². The highest BCUT2D eigenvalue weighted by atomic mass is 16.2. The first-order valence-electron chi connectivity index (χ1n) is 11.3. The molecule has 8 heteroatoms. The van der Waals surface area contributed by atoms with Gasteiger partial charge < -0.3 is 16.4 Å². The summed E-state index contributed by atoms with van der Waals surface area (Å²) in [6, 6.07) is 9.91. The van der Waals surface area contributed by atoms with Crippen LogP contribution in [0.4, 0.5) is 11.6 Å². The fourth-order valence-corrected chi connectivity index (χ4v) is 4.36. The molecule has 0 bridgehead atoms. The second-order valence-corrected chi connectivity index (χ2v) is 9.01. The summed E-state index contributed by atoms with van der Waals surface area (Å²) in [5.41, 5.74) is 14.5. The maximum atomic E-state index is 13.0. The summed E-state index contributed by atoms with van der Waals surface area (Å²) in [5, 5.41) is 0.873. The number of fused-ring (bicyclic) bond motifs is 1. The van der Waals surface area contributed by atoms with Crippen molar-refractivity contribution in [2.45, 2.75) is 32.9 Å². The van der Waals surface area contributed by atoms with Gasteiger partial charge in [-0.1, -0.05) is 19.9 Å². The first kappa shape index (κ1) is 22.7. The van der Waals surface area contributed by atoms with Gasteiger partial charge in [0.25, 0.3) is 0 Å². The Hall–Kier alpha value is -3.52. The van der Waals surface area contributed by atoms with E-state index in [1.807, 2.05) is 17.0 Å². The molecule has 0 radical (unpaired) electrons. The smallest absolute Gasteiger partial charge is 0.246 e. The summed E-state index contributed by atoms with van der Waals surface area (Å²) in [7, 11) is 0. The molecule has 3 heterocycles. The molecular weight excluding hydrogens is 414 g/mol. The predicted octanol–water partition coefficient (Wildman–Crippen LogP) is 2.96. The Kier molecular flexibility index (Phi) is 6.84. The fraction of sp³-hybridized carbons (Fsp3) is 0.360. The molecule has 172 valence electrons. The Morgan fingerprint density at radius 1 is 1.15 bits per heavy atom. The van der Waals surface area contributed by atoms with Crippen LogP contribution in [0.1, 0.15) is 31.4 Å². The maximum Gasteiger partial charge on any atom is 0.246 e. The number of rotatable bonds is 6. The average Bonchev–Trinajstić information content (AvgIpc) is 2.78. The highest BCUT2D eigenvalue weighted by molar-refractivity contribution is 5.92. The van der Waals surface area contributed by atoms with Gasteiger partial charge in [-0.25, -0.2) is 15.0 Å². The molecule has 33 heavy (non-hydrogen) atoms. The molecule has 1 aliphatic heterocycles. The third-order valence-corrected chi connectivity index (χ3v) is 5.96. The zero-order valence-corrected chi connectivity index (χ0v) is 19.2. The molecule has 4 N–H and O–H groups in total. The van der Waals surface area contributed by atoms with Crippen LogP contribution >= 0.6 is 0 Å². The lowest BCUT2D eigenvalue weighted by Gasteiger charge is -2.42. The highest BCUT2D eigenvalue weighted by Crippen LogP contribution is 2.22. The van der Waals surface area contributed by atoms with Crippen molar-refractivity contribution in [3.05, 3.63) is 60.1 Å². The van der Waals surface area contributed by atoms with E-state index in [9.17, 15) is 4.79 Å². The molecule has 0 spiro atoms. The second kappa shape index (κ2) is 9.95. The maximum absolute atomic E-state index is 13.0. The first-order chi connectivity index (χ1) is 15.9. The largest absolute Gasteiger partial charge is 0.384 e. The molecule has 1 aromatic carbocycles. The minimum absolute atomic E-state index is 0.0370. The lowest BCUT2D eigenvalue weighted by atomic mass is 9.99. The zero-order valence-electron chi connectivity index (χ0n) is 19.2. The van der Waals surface area contributed by atoms with Crippen molar-refractivity contribution in [3.8, 4) is 0 Å². The summed E-state index contributed by atoms with van der Waals surface area (Å²) in [5.74, 6) is 1.50. The lowest BCUT2D eigenvalue weighted by molar-refractivity contribution is -0.131. The number of hydrogen-bond acceptors (Lipinski definition) is 7. The SMILES string of the molecule is CC(C)C[C@H]1CN(Cc2ccc3c(N)ncnc3c2)CCN1C(=O)C=Cc1ccc(N)nc1. The molecular formula is C25H31N7O. The van der Waals surface area contributed by atoms with Crippen molar-refractivity contribution < 1.29 is 4.79 Å². The number of carbonyl (C=O) groups is 1. The van der Waals surface area contributed by atoms with E-state index in [1.165, 1.54) is 11.9 Å². The molecule has 1 saturated heterocycles. The number of nitrogen functional groups attached to an aromatic ring is 2. The highest BCUT2D eigenvalue weighted by Gasteiger charge is 2.30. The van der Waals surface area contributed by atoms with E-state index in [-0.39, 0.29) is 11.9 Å². The summed E-state index contributed by atoms with van der Waals surface area (Å²) in [6.07, 6.45) is 7.57. The van der Waals surface area contributed by atoms with Gasteiger partial charge in [0.05, 0.1) is 5.52 Å². The Morgan fingerprint density at radius 3 is 2.76 bits per heavy atom. The summed E-state index contributed by atoms with van der Waals surface area (Å²) >= 11 is 0. The van der Waals surface area contributed by atoms with Crippen LogP contribution in [-0.4, -0.2) is 56.3 Å². The van der Waals surface area contributed by atoms with Gasteiger partial charge in [0.15, 0.2) is 0 Å². The normalized spacial score (nSPS) is 17.3. The molecule has 8 nitrogen and oxygen atoms in total. The lowest BCUT2D eigenvalue weighted by Crippen LogP contribution is -2.54. The van der Waals surface area contributed by atoms with Crippen LogP contribution < -0.4 is 11.5 Å². The molecule has 0 unspecified atom stereocenters. The molecule has 4 rings (SSSR count). The number of hydrogen-bond donors (Lipinski definition) is 2. The Labute approximate surface area is 194 Å². The van der Waals surface area contributed by atoms with Gasteiger partial charge in [-0.2, -0.15) is 0 Å². The third-order valence-electron chi connectivity index (χ3n) is 5.96. The molecule has 0 saturated carbocycles. The second-order valence-electron chi connectivity index (χ2n) is 9.01. The van der Waals surface area contributed by atoms with Crippen LogP contribution in [0.25, 0.3) is 17.0 Å². The Bertz CT molecular complexity index is 1140. The van der Waals surface area contributed by atoms with Gasteiger partial charge in [-0.3, -0.25) is 9.69 Å². The van der Waals surface area contributed by atoms with Crippen molar-refractivity contribution in [3.63, 3.8) is 0 Å². The number of benzene rings is 1. The van der Waals surface area contributed by atoms with Gasteiger partial charge in [-0.15, -0.1) is 0 Å². The van der Waals surface area contributed by atoms with Crippen LogP contribution in [0, 0.1) is 5.92 Å². The van der Waals surface area contributed by atoms with Crippen LogP contribution in [0.5, 0.6) is 0 Å². The van der Waals surface area contributed by atoms with E-state index in [1.54, 1.807) is 24.4 Å². The Balaban J connectivity index is 1.44. The van der Waals surface area contributed by atoms with Crippen LogP contribution in [0.15, 0.2) is 48.9 Å². The van der Waals surface area contributed by atoms with E-state index in [0.717, 1.165) is 42.5 Å². The van der Waals surface area contributed by atoms with Gasteiger partial charge in [-0.05, 0) is 53.8 Å². The number of amides is 1. The van der Waals surface area contributed by atoms with Crippen LogP contribution in [0.2, 0.25) is 0 Å². The number of pyridine rings is 1. The predicted molar refractivity (Wildman–Crippen MR) is 132 cm³/mol. The van der Waals surface area contributed by atoms with Gasteiger partial charge in [0, 0.05) is 49.9 Å². The van der Waals surface area contributed by atoms with Crippen molar-refractivity contribution in [2.75, 3.05) is 31.1 Å². The number of carbonyl (C=O) groups excluding carboxylic acids is 1. The summed E-state index contributed by atoms with van der Waals surface area (Å²) in [6.45, 7) is 7.56. The van der Waals surface area contributed by atoms with Crippen molar-refractivity contribution >= 4 is 34.5 Å². The molecule has 0 aliphatic carbocycles. The number of anilines is 2. The van der Waals surface area contributed by atoms with E-state index in [4.69, 9.17) is 11.5 Å². The average molecular weight is 446 g/mol. The fourth-order valence-electron chi connectivity index (χ4n) is 4.36. The van der Waals surface area contributed by atoms with E-state index in [0.29, 0.717) is 24.1 Å².